The fourth-order valence-electron chi connectivity index (χ4n) is 5.30. The molecule has 1 saturated heterocycles. The topological polar surface area (TPSA) is 125 Å². The lowest BCUT2D eigenvalue weighted by Crippen LogP contribution is -2.48. The van der Waals surface area contributed by atoms with Crippen LogP contribution in [0.25, 0.3) is 0 Å². The second kappa shape index (κ2) is 17.2. The zero-order valence-electron chi connectivity index (χ0n) is 27.2. The van der Waals surface area contributed by atoms with Crippen LogP contribution in [0.3, 0.4) is 0 Å². The largest absolute Gasteiger partial charge is 0.501 e. The average Bonchev–Trinajstić information content (AvgIpc) is 3.08. The van der Waals surface area contributed by atoms with Crippen LogP contribution in [-0.4, -0.2) is 102 Å². The Bertz CT molecular complexity index is 1740. The van der Waals surface area contributed by atoms with Crippen LogP contribution in [0.2, 0.25) is 0 Å². The lowest BCUT2D eigenvalue weighted by molar-refractivity contribution is -0.0436. The van der Waals surface area contributed by atoms with Gasteiger partial charge in [0.2, 0.25) is 0 Å². The highest BCUT2D eigenvalue weighted by Crippen LogP contribution is 2.36. The molecule has 1 heterocycles. The van der Waals surface area contributed by atoms with Crippen LogP contribution in [0.1, 0.15) is 30.6 Å². The highest BCUT2D eigenvalue weighted by atomic mass is 32.2. The highest BCUT2D eigenvalue weighted by Gasteiger charge is 2.48. The molecule has 2 atom stereocenters. The number of thioether (sulfide) groups is 1. The number of anilines is 1. The molecular weight excluding hydrogens is 702 g/mol. The van der Waals surface area contributed by atoms with Crippen LogP contribution >= 0.6 is 11.8 Å². The van der Waals surface area contributed by atoms with Crippen molar-refractivity contribution in [3.63, 3.8) is 0 Å². The number of ether oxygens (including phenoxy) is 1. The molecule has 1 unspecified atom stereocenters. The summed E-state index contributed by atoms with van der Waals surface area (Å²) in [6.45, 7) is 9.16. The highest BCUT2D eigenvalue weighted by molar-refractivity contribution is 7.99. The minimum Gasteiger partial charge on any atom is -0.380 e. The maximum Gasteiger partial charge on any atom is 0.501 e. The van der Waals surface area contributed by atoms with Gasteiger partial charge in [0.25, 0.3) is 25.8 Å². The van der Waals surface area contributed by atoms with Gasteiger partial charge in [0.15, 0.2) is 0 Å². The van der Waals surface area contributed by atoms with E-state index < -0.39 is 52.8 Å². The Hall–Kier alpha value is -3.15. The van der Waals surface area contributed by atoms with Gasteiger partial charge in [-0.05, 0) is 62.0 Å². The second-order valence-electron chi connectivity index (χ2n) is 11.4. The lowest BCUT2D eigenvalue weighted by Gasteiger charge is -2.36. The van der Waals surface area contributed by atoms with Crippen molar-refractivity contribution in [2.24, 2.45) is 0 Å². The standard InChI is InChI=1S/C33H41F3N4O6S3/c1-3-39(4-2)22-27-23-40(19-20-46-27)18-17-26(24-47-28-13-9-6-10-14-28)37-30-16-15-29(21-31(30)48(42,43)33(34,35)36)49(44,45)38-32(41)25-11-7-5-8-12-25/h5-16,21,26-27,37H,3-4,17-20,22-24H2,1-2H3,(H,38,41)/t26-,27?/m1/s1. The van der Waals surface area contributed by atoms with Crippen LogP contribution in [0.15, 0.2) is 93.5 Å². The minimum absolute atomic E-state index is 0.000778. The Balaban J connectivity index is 1.61. The van der Waals surface area contributed by atoms with E-state index in [-0.39, 0.29) is 11.7 Å². The van der Waals surface area contributed by atoms with Gasteiger partial charge in [-0.25, -0.2) is 21.6 Å². The molecule has 1 aliphatic heterocycles. The molecule has 1 fully saturated rings. The molecule has 0 saturated carbocycles. The molecule has 3 aromatic rings. The van der Waals surface area contributed by atoms with Crippen LogP contribution in [0.4, 0.5) is 18.9 Å². The van der Waals surface area contributed by atoms with Gasteiger partial charge in [0.05, 0.1) is 23.3 Å². The molecule has 3 aromatic carbocycles. The molecule has 0 bridgehead atoms. The fraction of sp³-hybridized carbons (Fsp3) is 0.424. The molecule has 0 aromatic heterocycles. The van der Waals surface area contributed by atoms with Crippen molar-refractivity contribution in [1.29, 1.82) is 0 Å². The Labute approximate surface area is 290 Å². The smallest absolute Gasteiger partial charge is 0.380 e. The maximum absolute atomic E-state index is 14.0. The Morgan fingerprint density at radius 1 is 1.00 bits per heavy atom. The number of nitrogens with one attached hydrogen (secondary N) is 2. The van der Waals surface area contributed by atoms with Crippen LogP contribution < -0.4 is 10.0 Å². The van der Waals surface area contributed by atoms with E-state index in [4.69, 9.17) is 4.74 Å². The molecule has 0 radical (unpaired) electrons. The molecular formula is C33H41F3N4O6S3. The molecule has 2 N–H and O–H groups in total. The number of amides is 1. The summed E-state index contributed by atoms with van der Waals surface area (Å²) in [6, 6.07) is 18.6. The predicted octanol–water partition coefficient (Wildman–Crippen LogP) is 5.10. The SMILES string of the molecule is CCN(CC)CC1CN(CC[C@H](CSc2ccccc2)Nc2ccc(S(=O)(=O)NC(=O)c3ccccc3)cc2S(=O)(=O)C(F)(F)F)CCO1. The first-order valence-electron chi connectivity index (χ1n) is 15.8. The van der Waals surface area contributed by atoms with E-state index in [9.17, 15) is 34.8 Å². The van der Waals surface area contributed by atoms with Gasteiger partial charge in [0, 0.05) is 48.4 Å². The molecule has 0 spiro atoms. The van der Waals surface area contributed by atoms with E-state index in [0.717, 1.165) is 36.7 Å². The summed E-state index contributed by atoms with van der Waals surface area (Å²) >= 11 is 1.45. The predicted molar refractivity (Wildman–Crippen MR) is 184 cm³/mol. The number of hydrogen-bond donors (Lipinski definition) is 2. The number of sulfone groups is 1. The van der Waals surface area contributed by atoms with Crippen molar-refractivity contribution in [2.75, 3.05) is 56.9 Å². The molecule has 10 nitrogen and oxygen atoms in total. The van der Waals surface area contributed by atoms with E-state index in [1.807, 2.05) is 30.3 Å². The molecule has 1 aliphatic rings. The van der Waals surface area contributed by atoms with Gasteiger partial charge in [-0.15, -0.1) is 11.8 Å². The summed E-state index contributed by atoms with van der Waals surface area (Å²) in [4.78, 5) is 15.9. The Morgan fingerprint density at radius 3 is 2.29 bits per heavy atom. The van der Waals surface area contributed by atoms with Gasteiger partial charge in [0.1, 0.15) is 4.90 Å². The third-order valence-corrected chi connectivity index (χ3v) is 12.1. The number of benzene rings is 3. The number of hydrogen-bond acceptors (Lipinski definition) is 10. The summed E-state index contributed by atoms with van der Waals surface area (Å²) in [5, 5.41) is 2.99. The molecule has 268 valence electrons. The normalized spacial score (nSPS) is 16.7. The first-order chi connectivity index (χ1) is 23.2. The number of morpholine rings is 1. The molecule has 1 amide bonds. The fourth-order valence-corrected chi connectivity index (χ4v) is 8.31. The zero-order chi connectivity index (χ0) is 35.7. The van der Waals surface area contributed by atoms with Gasteiger partial charge in [-0.1, -0.05) is 50.2 Å². The van der Waals surface area contributed by atoms with Crippen molar-refractivity contribution in [3.05, 3.63) is 84.4 Å². The van der Waals surface area contributed by atoms with Crippen molar-refractivity contribution in [1.82, 2.24) is 14.5 Å². The summed E-state index contributed by atoms with van der Waals surface area (Å²) in [5.41, 5.74) is -6.13. The summed E-state index contributed by atoms with van der Waals surface area (Å²) in [7, 11) is -10.8. The number of carbonyl (C=O) groups is 1. The van der Waals surface area contributed by atoms with Crippen molar-refractivity contribution >= 4 is 43.2 Å². The van der Waals surface area contributed by atoms with E-state index >= 15 is 0 Å². The van der Waals surface area contributed by atoms with E-state index in [0.29, 0.717) is 44.5 Å². The van der Waals surface area contributed by atoms with E-state index in [1.54, 1.807) is 10.8 Å². The lowest BCUT2D eigenvalue weighted by atomic mass is 10.1. The van der Waals surface area contributed by atoms with Crippen LogP contribution in [0.5, 0.6) is 0 Å². The van der Waals surface area contributed by atoms with E-state index in [2.05, 4.69) is 29.0 Å². The van der Waals surface area contributed by atoms with Gasteiger partial charge in [-0.2, -0.15) is 13.2 Å². The first-order valence-corrected chi connectivity index (χ1v) is 19.8. The quantitative estimate of drug-likeness (QED) is 0.192. The molecule has 0 aliphatic carbocycles. The summed E-state index contributed by atoms with van der Waals surface area (Å²) < 4.78 is 102. The van der Waals surface area contributed by atoms with Crippen LogP contribution in [0, 0.1) is 0 Å². The molecule has 49 heavy (non-hydrogen) atoms. The maximum atomic E-state index is 14.0. The summed E-state index contributed by atoms with van der Waals surface area (Å²) in [5.74, 6) is -0.654. The van der Waals surface area contributed by atoms with Gasteiger partial charge in [-0.3, -0.25) is 9.69 Å². The summed E-state index contributed by atoms with van der Waals surface area (Å²) in [6.07, 6.45) is 0.440. The zero-order valence-corrected chi connectivity index (χ0v) is 29.7. The molecule has 16 heteroatoms. The number of rotatable bonds is 16. The number of nitrogens with zero attached hydrogens (tertiary/aromatic N) is 2. The van der Waals surface area contributed by atoms with Crippen molar-refractivity contribution in [2.45, 2.75) is 52.6 Å². The minimum atomic E-state index is -6.02. The number of likely N-dealkylation sites (N-methyl/N-ethyl adjacent to an activating group) is 1. The third-order valence-electron chi connectivity index (χ3n) is 8.05. The monoisotopic (exact) mass is 742 g/mol. The first kappa shape index (κ1) is 38.6. The number of alkyl halides is 3. The van der Waals surface area contributed by atoms with Gasteiger partial charge < -0.3 is 15.0 Å². The van der Waals surface area contributed by atoms with Crippen molar-refractivity contribution < 1.29 is 39.5 Å². The number of halogens is 3. The van der Waals surface area contributed by atoms with Gasteiger partial charge >= 0.3 is 5.51 Å². The molecule has 4 rings (SSSR count). The van der Waals surface area contributed by atoms with Crippen LogP contribution in [-0.2, 0) is 24.6 Å². The van der Waals surface area contributed by atoms with E-state index in [1.165, 1.54) is 36.0 Å². The second-order valence-corrected chi connectivity index (χ2v) is 16.1. The Morgan fingerprint density at radius 2 is 1.65 bits per heavy atom. The average molecular weight is 743 g/mol. The third kappa shape index (κ3) is 10.7. The number of sulfonamides is 1. The number of carbonyl (C=O) groups excluding carboxylic acids is 1. The Kier molecular flexibility index (Phi) is 13.6. The van der Waals surface area contributed by atoms with Crippen molar-refractivity contribution in [3.8, 4) is 0 Å².